The van der Waals surface area contributed by atoms with Crippen molar-refractivity contribution in [2.24, 2.45) is 0 Å². The molecule has 3 nitrogen and oxygen atoms in total. The maximum atomic E-state index is 13.3. The zero-order chi connectivity index (χ0) is 17.5. The van der Waals surface area contributed by atoms with Gasteiger partial charge in [0, 0.05) is 6.54 Å². The lowest BCUT2D eigenvalue weighted by Crippen LogP contribution is -2.31. The van der Waals surface area contributed by atoms with Crippen molar-refractivity contribution in [3.63, 3.8) is 0 Å². The first-order chi connectivity index (χ1) is 11.3. The summed E-state index contributed by atoms with van der Waals surface area (Å²) in [6.45, 7) is 8.51. The van der Waals surface area contributed by atoms with Crippen molar-refractivity contribution in [3.05, 3.63) is 64.2 Å². The van der Waals surface area contributed by atoms with E-state index in [9.17, 15) is 8.42 Å². The smallest absolute Gasteiger partial charge is 0.207 e. The van der Waals surface area contributed by atoms with E-state index >= 15 is 0 Å². The first kappa shape index (κ1) is 17.2. The van der Waals surface area contributed by atoms with Crippen LogP contribution in [0.2, 0.25) is 0 Å². The molecule has 1 saturated heterocycles. The molecular formula is C20H25NO2S. The lowest BCUT2D eigenvalue weighted by atomic mass is 10.0. The Bertz CT molecular complexity index is 854. The third kappa shape index (κ3) is 3.01. The second-order valence-electron chi connectivity index (χ2n) is 6.89. The summed E-state index contributed by atoms with van der Waals surface area (Å²) in [5.74, 6) is 0. The third-order valence-electron chi connectivity index (χ3n) is 5.04. The Labute approximate surface area is 145 Å². The van der Waals surface area contributed by atoms with Crippen LogP contribution in [0.15, 0.2) is 41.3 Å². The van der Waals surface area contributed by atoms with E-state index in [1.165, 1.54) is 5.56 Å². The number of nitrogens with zero attached hydrogens (tertiary/aromatic N) is 1. The number of benzene rings is 2. The molecule has 2 aromatic carbocycles. The minimum atomic E-state index is -3.48. The van der Waals surface area contributed by atoms with Gasteiger partial charge in [-0.15, -0.1) is 0 Å². The zero-order valence-electron chi connectivity index (χ0n) is 14.8. The number of hydrogen-bond donors (Lipinski definition) is 0. The van der Waals surface area contributed by atoms with Crippen LogP contribution in [0.3, 0.4) is 0 Å². The van der Waals surface area contributed by atoms with Gasteiger partial charge in [-0.05, 0) is 68.9 Å². The molecule has 24 heavy (non-hydrogen) atoms. The van der Waals surface area contributed by atoms with Gasteiger partial charge in [0.1, 0.15) is 0 Å². The lowest BCUT2D eigenvalue weighted by molar-refractivity contribution is 0.396. The molecule has 0 unspecified atom stereocenters. The molecule has 128 valence electrons. The molecule has 0 amide bonds. The van der Waals surface area contributed by atoms with Gasteiger partial charge in [-0.2, -0.15) is 4.31 Å². The summed E-state index contributed by atoms with van der Waals surface area (Å²) >= 11 is 0. The van der Waals surface area contributed by atoms with E-state index in [4.69, 9.17) is 0 Å². The van der Waals surface area contributed by atoms with Gasteiger partial charge in [-0.25, -0.2) is 8.42 Å². The Balaban J connectivity index is 2.02. The average molecular weight is 343 g/mol. The topological polar surface area (TPSA) is 37.4 Å². The maximum Gasteiger partial charge on any atom is 0.243 e. The van der Waals surface area contributed by atoms with Crippen LogP contribution in [0.1, 0.15) is 46.7 Å². The molecule has 0 aromatic heterocycles. The molecule has 3 rings (SSSR count). The summed E-state index contributed by atoms with van der Waals surface area (Å²) in [6.07, 6.45) is 1.79. The number of sulfonamides is 1. The van der Waals surface area contributed by atoms with Crippen molar-refractivity contribution in [2.45, 2.75) is 51.5 Å². The molecule has 0 bridgehead atoms. The van der Waals surface area contributed by atoms with E-state index in [1.807, 2.05) is 39.8 Å². The largest absolute Gasteiger partial charge is 0.243 e. The highest BCUT2D eigenvalue weighted by molar-refractivity contribution is 7.89. The number of aryl methyl sites for hydroxylation is 4. The first-order valence-electron chi connectivity index (χ1n) is 8.47. The van der Waals surface area contributed by atoms with E-state index in [0.717, 1.165) is 35.1 Å². The summed E-state index contributed by atoms with van der Waals surface area (Å²) in [4.78, 5) is 0.449. The highest BCUT2D eigenvalue weighted by Gasteiger charge is 2.36. The normalized spacial score (nSPS) is 18.9. The van der Waals surface area contributed by atoms with Crippen LogP contribution >= 0.6 is 0 Å². The van der Waals surface area contributed by atoms with Crippen molar-refractivity contribution in [3.8, 4) is 0 Å². The van der Waals surface area contributed by atoms with E-state index in [0.29, 0.717) is 11.4 Å². The van der Waals surface area contributed by atoms with E-state index in [1.54, 1.807) is 4.31 Å². The Morgan fingerprint density at radius 1 is 0.917 bits per heavy atom. The van der Waals surface area contributed by atoms with Gasteiger partial charge in [0.15, 0.2) is 0 Å². The van der Waals surface area contributed by atoms with Crippen molar-refractivity contribution >= 4 is 10.0 Å². The first-order valence-corrected chi connectivity index (χ1v) is 9.91. The van der Waals surface area contributed by atoms with Gasteiger partial charge >= 0.3 is 0 Å². The van der Waals surface area contributed by atoms with Crippen molar-refractivity contribution in [1.82, 2.24) is 4.31 Å². The summed E-state index contributed by atoms with van der Waals surface area (Å²) in [5.41, 5.74) is 5.25. The molecule has 0 saturated carbocycles. The van der Waals surface area contributed by atoms with Gasteiger partial charge in [0.25, 0.3) is 0 Å². The highest BCUT2D eigenvalue weighted by atomic mass is 32.2. The van der Waals surface area contributed by atoms with E-state index in [2.05, 4.69) is 24.3 Å². The van der Waals surface area contributed by atoms with Crippen molar-refractivity contribution in [1.29, 1.82) is 0 Å². The standard InChI is InChI=1S/C20H25NO2S/c1-14-7-9-18(10-8-14)19-6-5-11-21(19)24(22,23)20-13-16(3)15(2)12-17(20)4/h7-10,12-13,19H,5-6,11H2,1-4H3/t19-/m1/s1. The molecule has 0 aliphatic carbocycles. The van der Waals surface area contributed by atoms with Crippen LogP contribution in [0.5, 0.6) is 0 Å². The molecule has 1 heterocycles. The molecule has 2 aromatic rings. The highest BCUT2D eigenvalue weighted by Crippen LogP contribution is 2.37. The van der Waals surface area contributed by atoms with Crippen LogP contribution in [0.4, 0.5) is 0 Å². The molecule has 1 aliphatic rings. The Morgan fingerprint density at radius 2 is 1.54 bits per heavy atom. The summed E-state index contributed by atoms with van der Waals surface area (Å²) in [5, 5.41) is 0. The molecule has 1 aliphatic heterocycles. The zero-order valence-corrected chi connectivity index (χ0v) is 15.7. The van der Waals surface area contributed by atoms with Gasteiger partial charge in [-0.1, -0.05) is 35.9 Å². The molecule has 0 radical (unpaired) electrons. The lowest BCUT2D eigenvalue weighted by Gasteiger charge is -2.25. The summed E-state index contributed by atoms with van der Waals surface area (Å²) < 4.78 is 28.3. The Hall–Kier alpha value is -1.65. The van der Waals surface area contributed by atoms with E-state index in [-0.39, 0.29) is 6.04 Å². The van der Waals surface area contributed by atoms with Crippen molar-refractivity contribution in [2.75, 3.05) is 6.54 Å². The molecule has 0 N–H and O–H groups in total. The predicted octanol–water partition coefficient (Wildman–Crippen LogP) is 4.45. The van der Waals surface area contributed by atoms with Crippen molar-refractivity contribution < 1.29 is 8.42 Å². The SMILES string of the molecule is Cc1ccc([C@H]2CCCN2S(=O)(=O)c2cc(C)c(C)cc2C)cc1. The van der Waals surface area contributed by atoms with Crippen LogP contribution < -0.4 is 0 Å². The second kappa shape index (κ2) is 6.34. The Kier molecular flexibility index (Phi) is 4.54. The maximum absolute atomic E-state index is 13.3. The Morgan fingerprint density at radius 3 is 2.21 bits per heavy atom. The van der Waals surface area contributed by atoms with Crippen LogP contribution in [-0.4, -0.2) is 19.3 Å². The van der Waals surface area contributed by atoms with Gasteiger partial charge in [0.2, 0.25) is 10.0 Å². The fourth-order valence-electron chi connectivity index (χ4n) is 3.49. The minimum Gasteiger partial charge on any atom is -0.207 e. The monoisotopic (exact) mass is 343 g/mol. The minimum absolute atomic E-state index is 0.0587. The number of rotatable bonds is 3. The predicted molar refractivity (Wildman–Crippen MR) is 97.7 cm³/mol. The molecule has 1 fully saturated rings. The van der Waals surface area contributed by atoms with Crippen LogP contribution in [0.25, 0.3) is 0 Å². The molecule has 0 spiro atoms. The van der Waals surface area contributed by atoms with Gasteiger partial charge in [-0.3, -0.25) is 0 Å². The van der Waals surface area contributed by atoms with Gasteiger partial charge < -0.3 is 0 Å². The molecular weight excluding hydrogens is 318 g/mol. The summed E-state index contributed by atoms with van der Waals surface area (Å²) in [7, 11) is -3.48. The fourth-order valence-corrected chi connectivity index (χ4v) is 5.46. The molecule has 1 atom stereocenters. The number of hydrogen-bond acceptors (Lipinski definition) is 2. The van der Waals surface area contributed by atoms with Crippen LogP contribution in [0, 0.1) is 27.7 Å². The van der Waals surface area contributed by atoms with Gasteiger partial charge in [0.05, 0.1) is 10.9 Å². The average Bonchev–Trinajstić information content (AvgIpc) is 3.02. The molecule has 4 heteroatoms. The quantitative estimate of drug-likeness (QED) is 0.826. The fraction of sp³-hybridized carbons (Fsp3) is 0.400. The third-order valence-corrected chi connectivity index (χ3v) is 7.09. The second-order valence-corrected chi connectivity index (χ2v) is 8.75. The summed E-state index contributed by atoms with van der Waals surface area (Å²) in [6, 6.07) is 12.0. The van der Waals surface area contributed by atoms with E-state index < -0.39 is 10.0 Å². The van der Waals surface area contributed by atoms with Crippen LogP contribution in [-0.2, 0) is 10.0 Å².